The molecule has 2 aliphatic rings. The van der Waals surface area contributed by atoms with E-state index in [0.717, 1.165) is 17.7 Å². The van der Waals surface area contributed by atoms with Crippen molar-refractivity contribution in [2.45, 2.75) is 25.4 Å². The molecule has 7 nitrogen and oxygen atoms in total. The van der Waals surface area contributed by atoms with E-state index in [4.69, 9.17) is 9.47 Å². The Hall–Kier alpha value is -2.44. The number of nitrogens with one attached hydrogen (secondary N) is 3. The molecule has 22 heavy (non-hydrogen) atoms. The first-order valence-corrected chi connectivity index (χ1v) is 7.41. The van der Waals surface area contributed by atoms with Crippen LogP contribution in [0.3, 0.4) is 0 Å². The van der Waals surface area contributed by atoms with Gasteiger partial charge in [-0.15, -0.1) is 0 Å². The van der Waals surface area contributed by atoms with Gasteiger partial charge in [-0.1, -0.05) is 13.0 Å². The van der Waals surface area contributed by atoms with Crippen LogP contribution >= 0.6 is 0 Å². The van der Waals surface area contributed by atoms with Crippen molar-refractivity contribution in [1.29, 1.82) is 0 Å². The van der Waals surface area contributed by atoms with E-state index >= 15 is 0 Å². The van der Waals surface area contributed by atoms with E-state index in [1.165, 1.54) is 0 Å². The predicted octanol–water partition coefficient (Wildman–Crippen LogP) is 0.706. The second kappa shape index (κ2) is 6.13. The molecule has 1 fully saturated rings. The molecule has 0 spiro atoms. The van der Waals surface area contributed by atoms with Gasteiger partial charge in [0, 0.05) is 6.54 Å². The van der Waals surface area contributed by atoms with Crippen LogP contribution < -0.4 is 25.4 Å². The highest BCUT2D eigenvalue weighted by Gasteiger charge is 2.28. The van der Waals surface area contributed by atoms with Crippen molar-refractivity contribution >= 4 is 11.9 Å². The summed E-state index contributed by atoms with van der Waals surface area (Å²) in [6.45, 7) is 3.38. The number of hydrogen-bond acceptors (Lipinski definition) is 4. The van der Waals surface area contributed by atoms with Gasteiger partial charge < -0.3 is 25.4 Å². The highest BCUT2D eigenvalue weighted by molar-refractivity contribution is 5.90. The lowest BCUT2D eigenvalue weighted by Crippen LogP contribution is -2.44. The normalized spacial score (nSPS) is 20.8. The van der Waals surface area contributed by atoms with Crippen LogP contribution in [0.2, 0.25) is 0 Å². The number of benzene rings is 1. The summed E-state index contributed by atoms with van der Waals surface area (Å²) in [5, 5.41) is 8.11. The molecule has 3 N–H and O–H groups in total. The van der Waals surface area contributed by atoms with E-state index in [1.807, 2.05) is 25.1 Å². The Morgan fingerprint density at radius 1 is 1.36 bits per heavy atom. The summed E-state index contributed by atoms with van der Waals surface area (Å²) in [5.41, 5.74) is 0.956. The lowest BCUT2D eigenvalue weighted by molar-refractivity contribution is -0.123. The number of rotatable bonds is 4. The van der Waals surface area contributed by atoms with Gasteiger partial charge in [0.2, 0.25) is 5.91 Å². The lowest BCUT2D eigenvalue weighted by Gasteiger charge is -2.23. The average molecular weight is 305 g/mol. The Morgan fingerprint density at radius 3 is 2.82 bits per heavy atom. The minimum Gasteiger partial charge on any atom is -0.486 e. The van der Waals surface area contributed by atoms with Gasteiger partial charge in [0.1, 0.15) is 19.3 Å². The fourth-order valence-electron chi connectivity index (χ4n) is 2.58. The smallest absolute Gasteiger partial charge is 0.315 e. The number of fused-ring (bicyclic) bond motifs is 1. The van der Waals surface area contributed by atoms with Crippen molar-refractivity contribution in [2.24, 2.45) is 0 Å². The van der Waals surface area contributed by atoms with Crippen LogP contribution in [-0.4, -0.2) is 37.7 Å². The topological polar surface area (TPSA) is 88.7 Å². The number of urea groups is 1. The number of amides is 3. The molecule has 1 saturated heterocycles. The molecule has 3 amide bonds. The molecule has 0 radical (unpaired) electrons. The van der Waals surface area contributed by atoms with Crippen molar-refractivity contribution in [3.8, 4) is 11.5 Å². The summed E-state index contributed by atoms with van der Waals surface area (Å²) in [4.78, 5) is 23.3. The van der Waals surface area contributed by atoms with Gasteiger partial charge >= 0.3 is 6.03 Å². The molecular weight excluding hydrogens is 286 g/mol. The third-order valence-corrected chi connectivity index (χ3v) is 3.78. The maximum absolute atomic E-state index is 12.2. The lowest BCUT2D eigenvalue weighted by atomic mass is 10.0. The minimum atomic E-state index is -0.529. The van der Waals surface area contributed by atoms with E-state index in [2.05, 4.69) is 16.0 Å². The molecule has 0 aromatic heterocycles. The molecule has 0 aliphatic carbocycles. The van der Waals surface area contributed by atoms with E-state index in [9.17, 15) is 9.59 Å². The second-order valence-electron chi connectivity index (χ2n) is 5.28. The van der Waals surface area contributed by atoms with Crippen LogP contribution in [-0.2, 0) is 4.79 Å². The van der Waals surface area contributed by atoms with Crippen LogP contribution in [0, 0.1) is 0 Å². The van der Waals surface area contributed by atoms with E-state index in [1.54, 1.807) is 0 Å². The van der Waals surface area contributed by atoms with Crippen molar-refractivity contribution < 1.29 is 19.1 Å². The maximum atomic E-state index is 12.2. The molecule has 2 unspecified atom stereocenters. The van der Waals surface area contributed by atoms with Crippen LogP contribution in [0.25, 0.3) is 0 Å². The first kappa shape index (κ1) is 14.5. The van der Waals surface area contributed by atoms with Crippen molar-refractivity contribution in [3.05, 3.63) is 23.8 Å². The van der Waals surface area contributed by atoms with Crippen molar-refractivity contribution in [1.82, 2.24) is 16.0 Å². The molecule has 118 valence electrons. The molecule has 7 heteroatoms. The maximum Gasteiger partial charge on any atom is 0.315 e. The standard InChI is InChI=1S/C15H19N3O4/c1-2-10(17-14(19)11-8-16-15(20)18-11)9-3-4-12-13(7-9)22-6-5-21-12/h3-4,7,10-11H,2,5-6,8H2,1H3,(H,17,19)(H2,16,18,20). The van der Waals surface area contributed by atoms with Gasteiger partial charge in [-0.2, -0.15) is 0 Å². The first-order chi connectivity index (χ1) is 10.7. The van der Waals surface area contributed by atoms with Gasteiger partial charge in [-0.05, 0) is 24.1 Å². The fraction of sp³-hybridized carbons (Fsp3) is 0.467. The van der Waals surface area contributed by atoms with Crippen LogP contribution in [0.15, 0.2) is 18.2 Å². The molecule has 2 heterocycles. The van der Waals surface area contributed by atoms with Gasteiger partial charge in [-0.25, -0.2) is 4.79 Å². The van der Waals surface area contributed by atoms with Gasteiger partial charge in [0.15, 0.2) is 11.5 Å². The Balaban J connectivity index is 1.71. The molecule has 0 saturated carbocycles. The monoisotopic (exact) mass is 305 g/mol. The summed E-state index contributed by atoms with van der Waals surface area (Å²) in [6.07, 6.45) is 0.736. The highest BCUT2D eigenvalue weighted by Crippen LogP contribution is 2.33. The number of carbonyl (C=O) groups excluding carboxylic acids is 2. The van der Waals surface area contributed by atoms with Gasteiger partial charge in [0.05, 0.1) is 6.04 Å². The van der Waals surface area contributed by atoms with E-state index in [0.29, 0.717) is 25.5 Å². The fourth-order valence-corrected chi connectivity index (χ4v) is 2.58. The zero-order valence-electron chi connectivity index (χ0n) is 12.3. The van der Waals surface area contributed by atoms with Crippen molar-refractivity contribution in [3.63, 3.8) is 0 Å². The predicted molar refractivity (Wildman–Crippen MR) is 78.9 cm³/mol. The molecule has 1 aromatic carbocycles. The van der Waals surface area contributed by atoms with Crippen LogP contribution in [0.4, 0.5) is 4.79 Å². The molecular formula is C15H19N3O4. The molecule has 2 atom stereocenters. The first-order valence-electron chi connectivity index (χ1n) is 7.41. The summed E-state index contributed by atoms with van der Waals surface area (Å²) < 4.78 is 11.1. The highest BCUT2D eigenvalue weighted by atomic mass is 16.6. The Morgan fingerprint density at radius 2 is 2.14 bits per heavy atom. The Bertz CT molecular complexity index is 590. The average Bonchev–Trinajstić information content (AvgIpc) is 2.98. The molecule has 3 rings (SSSR count). The number of carbonyl (C=O) groups is 2. The summed E-state index contributed by atoms with van der Waals surface area (Å²) in [6, 6.07) is 4.70. The Labute approximate surface area is 128 Å². The zero-order chi connectivity index (χ0) is 15.5. The molecule has 2 aliphatic heterocycles. The van der Waals surface area contributed by atoms with E-state index in [-0.39, 0.29) is 18.0 Å². The quantitative estimate of drug-likeness (QED) is 0.764. The second-order valence-corrected chi connectivity index (χ2v) is 5.28. The van der Waals surface area contributed by atoms with Gasteiger partial charge in [0.25, 0.3) is 0 Å². The Kier molecular flexibility index (Phi) is 4.04. The van der Waals surface area contributed by atoms with E-state index < -0.39 is 6.04 Å². The van der Waals surface area contributed by atoms with Gasteiger partial charge in [-0.3, -0.25) is 4.79 Å². The summed E-state index contributed by atoms with van der Waals surface area (Å²) in [5.74, 6) is 1.23. The largest absolute Gasteiger partial charge is 0.486 e. The molecule has 1 aromatic rings. The zero-order valence-corrected chi connectivity index (χ0v) is 12.3. The third kappa shape index (κ3) is 2.93. The number of hydrogen-bond donors (Lipinski definition) is 3. The molecule has 0 bridgehead atoms. The van der Waals surface area contributed by atoms with Crippen LogP contribution in [0.5, 0.6) is 11.5 Å². The summed E-state index contributed by atoms with van der Waals surface area (Å²) >= 11 is 0. The van der Waals surface area contributed by atoms with Crippen molar-refractivity contribution in [2.75, 3.05) is 19.8 Å². The minimum absolute atomic E-state index is 0.138. The number of ether oxygens (including phenoxy) is 2. The SMILES string of the molecule is CCC(NC(=O)C1CNC(=O)N1)c1ccc2c(c1)OCCO2. The summed E-state index contributed by atoms with van der Waals surface area (Å²) in [7, 11) is 0. The third-order valence-electron chi connectivity index (χ3n) is 3.78. The van der Waals surface area contributed by atoms with Crippen LogP contribution in [0.1, 0.15) is 24.9 Å².